The summed E-state index contributed by atoms with van der Waals surface area (Å²) in [4.78, 5) is 14.4. The first-order valence-electron chi connectivity index (χ1n) is 5.49. The standard InChI is InChI=1S/C11H13N5O2/c1-12-5-6-15-8-13-11(14-15)9-3-2-4-10(7-9)16(17)18/h2-4,7-8,12H,5-6H2,1H3. The van der Waals surface area contributed by atoms with Crippen LogP contribution in [-0.4, -0.2) is 33.3 Å². The minimum absolute atomic E-state index is 0.0408. The van der Waals surface area contributed by atoms with Crippen molar-refractivity contribution in [3.8, 4) is 11.4 Å². The highest BCUT2D eigenvalue weighted by atomic mass is 16.6. The van der Waals surface area contributed by atoms with Gasteiger partial charge in [0.2, 0.25) is 0 Å². The van der Waals surface area contributed by atoms with Crippen molar-refractivity contribution in [3.63, 3.8) is 0 Å². The highest BCUT2D eigenvalue weighted by molar-refractivity contribution is 5.58. The Balaban J connectivity index is 2.23. The van der Waals surface area contributed by atoms with Gasteiger partial charge in [-0.15, -0.1) is 0 Å². The third kappa shape index (κ3) is 2.69. The lowest BCUT2D eigenvalue weighted by Gasteiger charge is -1.98. The molecule has 0 aliphatic heterocycles. The normalized spacial score (nSPS) is 10.5. The number of hydrogen-bond acceptors (Lipinski definition) is 5. The Bertz CT molecular complexity index is 552. The predicted molar refractivity (Wildman–Crippen MR) is 66.0 cm³/mol. The Kier molecular flexibility index (Phi) is 3.63. The fraction of sp³-hybridized carbons (Fsp3) is 0.273. The Morgan fingerprint density at radius 2 is 2.33 bits per heavy atom. The summed E-state index contributed by atoms with van der Waals surface area (Å²) in [5.74, 6) is 0.495. The second-order valence-electron chi connectivity index (χ2n) is 3.74. The number of nitro benzene ring substituents is 1. The molecule has 7 nitrogen and oxygen atoms in total. The SMILES string of the molecule is CNCCn1cnc(-c2cccc([N+](=O)[O-])c2)n1. The van der Waals surface area contributed by atoms with Gasteiger partial charge in [0.15, 0.2) is 5.82 Å². The molecule has 0 bridgehead atoms. The van der Waals surface area contributed by atoms with Crippen molar-refractivity contribution in [1.29, 1.82) is 0 Å². The number of benzene rings is 1. The van der Waals surface area contributed by atoms with Crippen LogP contribution in [0.2, 0.25) is 0 Å². The molecule has 2 aromatic rings. The Labute approximate surface area is 104 Å². The number of likely N-dealkylation sites (N-methyl/N-ethyl adjacent to an activating group) is 1. The molecule has 0 saturated heterocycles. The van der Waals surface area contributed by atoms with Crippen LogP contribution in [0.4, 0.5) is 5.69 Å². The van der Waals surface area contributed by atoms with E-state index in [2.05, 4.69) is 15.4 Å². The number of hydrogen-bond donors (Lipinski definition) is 1. The van der Waals surface area contributed by atoms with Crippen molar-refractivity contribution in [2.24, 2.45) is 0 Å². The van der Waals surface area contributed by atoms with Gasteiger partial charge < -0.3 is 5.32 Å². The molecule has 0 aliphatic carbocycles. The van der Waals surface area contributed by atoms with Gasteiger partial charge >= 0.3 is 0 Å². The van der Waals surface area contributed by atoms with Gasteiger partial charge in [-0.2, -0.15) is 5.10 Å². The molecule has 94 valence electrons. The molecule has 0 spiro atoms. The molecule has 0 radical (unpaired) electrons. The Morgan fingerprint density at radius 3 is 3.06 bits per heavy atom. The minimum Gasteiger partial charge on any atom is -0.318 e. The maximum Gasteiger partial charge on any atom is 0.270 e. The largest absolute Gasteiger partial charge is 0.318 e. The molecule has 0 aliphatic rings. The van der Waals surface area contributed by atoms with Gasteiger partial charge in [-0.25, -0.2) is 4.98 Å². The molecular weight excluding hydrogens is 234 g/mol. The van der Waals surface area contributed by atoms with E-state index in [1.807, 2.05) is 7.05 Å². The van der Waals surface area contributed by atoms with Gasteiger partial charge in [0.25, 0.3) is 5.69 Å². The zero-order valence-corrected chi connectivity index (χ0v) is 9.91. The lowest BCUT2D eigenvalue weighted by atomic mass is 10.2. The zero-order valence-electron chi connectivity index (χ0n) is 9.91. The van der Waals surface area contributed by atoms with E-state index < -0.39 is 4.92 Å². The molecule has 18 heavy (non-hydrogen) atoms. The molecule has 0 saturated carbocycles. The monoisotopic (exact) mass is 247 g/mol. The number of nitrogens with one attached hydrogen (secondary N) is 1. The van der Waals surface area contributed by atoms with Crippen molar-refractivity contribution in [2.45, 2.75) is 6.54 Å². The molecule has 7 heteroatoms. The molecule has 1 aromatic carbocycles. The van der Waals surface area contributed by atoms with E-state index in [1.165, 1.54) is 12.1 Å². The van der Waals surface area contributed by atoms with E-state index in [9.17, 15) is 10.1 Å². The van der Waals surface area contributed by atoms with Gasteiger partial charge in [-0.05, 0) is 7.05 Å². The smallest absolute Gasteiger partial charge is 0.270 e. The van der Waals surface area contributed by atoms with Crippen molar-refractivity contribution in [2.75, 3.05) is 13.6 Å². The first-order chi connectivity index (χ1) is 8.70. The van der Waals surface area contributed by atoms with Crippen LogP contribution in [0.1, 0.15) is 0 Å². The summed E-state index contributed by atoms with van der Waals surface area (Å²) in [5.41, 5.74) is 0.687. The summed E-state index contributed by atoms with van der Waals surface area (Å²) < 4.78 is 1.70. The first-order valence-corrected chi connectivity index (χ1v) is 5.49. The quantitative estimate of drug-likeness (QED) is 0.631. The lowest BCUT2D eigenvalue weighted by molar-refractivity contribution is -0.384. The zero-order chi connectivity index (χ0) is 13.0. The number of nitro groups is 1. The topological polar surface area (TPSA) is 85.9 Å². The molecule has 1 N–H and O–H groups in total. The van der Waals surface area contributed by atoms with Crippen molar-refractivity contribution in [1.82, 2.24) is 20.1 Å². The van der Waals surface area contributed by atoms with Crippen molar-refractivity contribution < 1.29 is 4.92 Å². The van der Waals surface area contributed by atoms with E-state index in [0.717, 1.165) is 6.54 Å². The van der Waals surface area contributed by atoms with Gasteiger partial charge in [0.05, 0.1) is 11.5 Å². The van der Waals surface area contributed by atoms with E-state index in [1.54, 1.807) is 23.1 Å². The van der Waals surface area contributed by atoms with Gasteiger partial charge in [-0.1, -0.05) is 12.1 Å². The second kappa shape index (κ2) is 5.37. The van der Waals surface area contributed by atoms with E-state index in [0.29, 0.717) is 17.9 Å². The van der Waals surface area contributed by atoms with Crippen LogP contribution >= 0.6 is 0 Å². The summed E-state index contributed by atoms with van der Waals surface area (Å²) >= 11 is 0. The third-order valence-electron chi connectivity index (χ3n) is 2.44. The van der Waals surface area contributed by atoms with Crippen LogP contribution in [0.25, 0.3) is 11.4 Å². The lowest BCUT2D eigenvalue weighted by Crippen LogP contribution is -2.15. The highest BCUT2D eigenvalue weighted by Gasteiger charge is 2.09. The van der Waals surface area contributed by atoms with Crippen LogP contribution in [0, 0.1) is 10.1 Å². The molecule has 0 amide bonds. The van der Waals surface area contributed by atoms with Crippen LogP contribution in [0.5, 0.6) is 0 Å². The molecule has 1 heterocycles. The Morgan fingerprint density at radius 1 is 1.50 bits per heavy atom. The first kappa shape index (κ1) is 12.2. The fourth-order valence-electron chi connectivity index (χ4n) is 1.52. The van der Waals surface area contributed by atoms with E-state index in [4.69, 9.17) is 0 Å². The molecule has 1 aromatic heterocycles. The fourth-order valence-corrected chi connectivity index (χ4v) is 1.52. The average Bonchev–Trinajstić information content (AvgIpc) is 2.85. The minimum atomic E-state index is -0.429. The summed E-state index contributed by atoms with van der Waals surface area (Å²) in [6, 6.07) is 6.30. The number of non-ortho nitro benzene ring substituents is 1. The summed E-state index contributed by atoms with van der Waals surface area (Å²) in [7, 11) is 1.86. The number of rotatable bonds is 5. The molecule has 0 atom stereocenters. The second-order valence-corrected chi connectivity index (χ2v) is 3.74. The molecule has 2 rings (SSSR count). The summed E-state index contributed by atoms with van der Waals surface area (Å²) in [6.45, 7) is 1.50. The van der Waals surface area contributed by atoms with Crippen LogP contribution in [0.3, 0.4) is 0 Å². The van der Waals surface area contributed by atoms with E-state index in [-0.39, 0.29) is 5.69 Å². The Hall–Kier alpha value is -2.28. The predicted octanol–water partition coefficient (Wildman–Crippen LogP) is 1.07. The molecular formula is C11H13N5O2. The van der Waals surface area contributed by atoms with Gasteiger partial charge in [-0.3, -0.25) is 14.8 Å². The summed E-state index contributed by atoms with van der Waals surface area (Å²) in [5, 5.41) is 18.0. The maximum atomic E-state index is 10.7. The van der Waals surface area contributed by atoms with Crippen molar-refractivity contribution >= 4 is 5.69 Å². The van der Waals surface area contributed by atoms with Crippen LogP contribution in [-0.2, 0) is 6.54 Å². The number of nitrogens with zero attached hydrogens (tertiary/aromatic N) is 4. The summed E-state index contributed by atoms with van der Waals surface area (Å²) in [6.07, 6.45) is 1.62. The molecule has 0 unspecified atom stereocenters. The molecule has 0 fully saturated rings. The van der Waals surface area contributed by atoms with Gasteiger partial charge in [0.1, 0.15) is 6.33 Å². The van der Waals surface area contributed by atoms with Crippen molar-refractivity contribution in [3.05, 3.63) is 40.7 Å². The highest BCUT2D eigenvalue weighted by Crippen LogP contribution is 2.20. The van der Waals surface area contributed by atoms with Gasteiger partial charge in [0, 0.05) is 24.2 Å². The van der Waals surface area contributed by atoms with Crippen LogP contribution < -0.4 is 5.32 Å². The third-order valence-corrected chi connectivity index (χ3v) is 2.44. The number of aromatic nitrogens is 3. The van der Waals surface area contributed by atoms with Crippen LogP contribution in [0.15, 0.2) is 30.6 Å². The average molecular weight is 247 g/mol. The van der Waals surface area contributed by atoms with E-state index >= 15 is 0 Å². The maximum absolute atomic E-state index is 10.7.